The number of allylic oxidation sites excluding steroid dienone is 7. The lowest BCUT2D eigenvalue weighted by atomic mass is 9.82. The highest BCUT2D eigenvalue weighted by molar-refractivity contribution is 6.15. The van der Waals surface area contributed by atoms with Crippen LogP contribution in [0, 0.1) is 0 Å². The van der Waals surface area contributed by atoms with Crippen molar-refractivity contribution < 1.29 is 0 Å². The number of nitrogens with zero attached hydrogens (tertiary/aromatic N) is 3. The summed E-state index contributed by atoms with van der Waals surface area (Å²) in [4.78, 5) is 15.0. The van der Waals surface area contributed by atoms with Crippen molar-refractivity contribution in [2.24, 2.45) is 15.0 Å². The summed E-state index contributed by atoms with van der Waals surface area (Å²) in [5.74, 6) is 1.17. The standard InChI is InChI=1S/C45H44N4/c1-6-8-17-33(18-9-7-2)35-20-13-21-36(29-35)43(46-5)49-44(48-30-32-16-12-19-34(28-32)37-22-15-27-47-31-37)39-24-14-26-41-42(39)38-23-10-11-25-40(38)45(41,3)4/h6,8,10-29,47H,1,5,7,9,30-31H2,2-4H3/b17-8-,33-18+,48-44?,49-43?. The van der Waals surface area contributed by atoms with Crippen molar-refractivity contribution in [2.45, 2.75) is 45.6 Å². The van der Waals surface area contributed by atoms with Crippen molar-refractivity contribution in [1.82, 2.24) is 5.32 Å². The zero-order valence-corrected chi connectivity index (χ0v) is 28.8. The van der Waals surface area contributed by atoms with E-state index in [1.807, 2.05) is 24.4 Å². The first-order valence-corrected chi connectivity index (χ1v) is 17.1. The Balaban J connectivity index is 1.48. The van der Waals surface area contributed by atoms with Gasteiger partial charge in [0.05, 0.1) is 6.54 Å². The topological polar surface area (TPSA) is 49.1 Å². The van der Waals surface area contributed by atoms with Gasteiger partial charge >= 0.3 is 0 Å². The smallest absolute Gasteiger partial charge is 0.161 e. The average molecular weight is 641 g/mol. The molecule has 0 radical (unpaired) electrons. The third-order valence-electron chi connectivity index (χ3n) is 9.24. The minimum absolute atomic E-state index is 0.144. The van der Waals surface area contributed by atoms with Crippen LogP contribution >= 0.6 is 0 Å². The molecule has 1 aliphatic heterocycles. The van der Waals surface area contributed by atoms with E-state index in [4.69, 9.17) is 9.98 Å². The molecule has 1 N–H and O–H groups in total. The van der Waals surface area contributed by atoms with Crippen LogP contribution < -0.4 is 5.32 Å². The third-order valence-corrected chi connectivity index (χ3v) is 9.24. The van der Waals surface area contributed by atoms with E-state index in [0.29, 0.717) is 18.2 Å². The van der Waals surface area contributed by atoms with Crippen LogP contribution in [0.25, 0.3) is 22.3 Å². The van der Waals surface area contributed by atoms with E-state index >= 15 is 0 Å². The van der Waals surface area contributed by atoms with Gasteiger partial charge < -0.3 is 5.32 Å². The Hall–Kier alpha value is -5.61. The van der Waals surface area contributed by atoms with Crippen LogP contribution in [0.3, 0.4) is 0 Å². The van der Waals surface area contributed by atoms with Crippen LogP contribution in [-0.2, 0) is 12.0 Å². The Labute approximate surface area is 291 Å². The Morgan fingerprint density at radius 3 is 2.49 bits per heavy atom. The van der Waals surface area contributed by atoms with E-state index in [-0.39, 0.29) is 5.41 Å². The molecule has 0 saturated heterocycles. The molecule has 0 aromatic heterocycles. The molecule has 1 heterocycles. The fraction of sp³-hybridized carbons (Fsp3) is 0.178. The van der Waals surface area contributed by atoms with Gasteiger partial charge in [0.1, 0.15) is 0 Å². The van der Waals surface area contributed by atoms with Crippen LogP contribution in [-0.4, -0.2) is 24.9 Å². The molecule has 6 rings (SSSR count). The van der Waals surface area contributed by atoms with Crippen molar-refractivity contribution in [1.29, 1.82) is 0 Å². The van der Waals surface area contributed by atoms with Gasteiger partial charge in [-0.15, -0.1) is 0 Å². The van der Waals surface area contributed by atoms with Crippen LogP contribution in [0.15, 0.2) is 155 Å². The van der Waals surface area contributed by atoms with Crippen molar-refractivity contribution in [2.75, 3.05) is 6.54 Å². The summed E-state index contributed by atoms with van der Waals surface area (Å²) in [7, 11) is 0. The molecule has 4 nitrogen and oxygen atoms in total. The zero-order valence-electron chi connectivity index (χ0n) is 28.8. The minimum atomic E-state index is -0.144. The molecule has 0 bridgehead atoms. The number of benzene rings is 4. The van der Waals surface area contributed by atoms with Gasteiger partial charge in [0, 0.05) is 23.1 Å². The number of unbranched alkanes of at least 4 members (excludes halogenated alkanes) is 1. The van der Waals surface area contributed by atoms with Gasteiger partial charge in [-0.2, -0.15) is 0 Å². The van der Waals surface area contributed by atoms with Crippen molar-refractivity contribution in [3.8, 4) is 11.1 Å². The maximum atomic E-state index is 5.26. The molecule has 4 aromatic carbocycles. The summed E-state index contributed by atoms with van der Waals surface area (Å²) in [6.45, 7) is 15.9. The van der Waals surface area contributed by atoms with Gasteiger partial charge in [-0.3, -0.25) is 4.99 Å². The number of aliphatic imine (C=N–C) groups is 3. The lowest BCUT2D eigenvalue weighted by Crippen LogP contribution is -2.15. The molecule has 0 atom stereocenters. The maximum Gasteiger partial charge on any atom is 0.161 e. The molecule has 244 valence electrons. The number of hydrogen-bond donors (Lipinski definition) is 1. The SMILES string of the molecule is C=C/C=C\C(=C/CCC)c1cccc(C(N=C)=NC(=NCc2cccc(C3=CC=CNC3)c2)c2cccc3c2-c2ccccc2C3(C)C)c1. The Bertz CT molecular complexity index is 2070. The van der Waals surface area contributed by atoms with Crippen LogP contribution in [0.1, 0.15) is 72.6 Å². The summed E-state index contributed by atoms with van der Waals surface area (Å²) >= 11 is 0. The highest BCUT2D eigenvalue weighted by Crippen LogP contribution is 2.50. The minimum Gasteiger partial charge on any atom is -0.387 e. The predicted octanol–water partition coefficient (Wildman–Crippen LogP) is 10.5. The molecule has 0 amide bonds. The summed E-state index contributed by atoms with van der Waals surface area (Å²) in [5.41, 5.74) is 12.5. The summed E-state index contributed by atoms with van der Waals surface area (Å²) in [5, 5.41) is 3.32. The molecule has 0 fully saturated rings. The molecule has 0 saturated carbocycles. The Morgan fingerprint density at radius 1 is 0.898 bits per heavy atom. The second-order valence-corrected chi connectivity index (χ2v) is 12.9. The molecular formula is C45H44N4. The van der Waals surface area contributed by atoms with Crippen LogP contribution in [0.5, 0.6) is 0 Å². The highest BCUT2D eigenvalue weighted by Gasteiger charge is 2.37. The van der Waals surface area contributed by atoms with E-state index in [1.165, 1.54) is 33.4 Å². The molecule has 4 aromatic rings. The first kappa shape index (κ1) is 33.3. The number of fused-ring (bicyclic) bond motifs is 3. The van der Waals surface area contributed by atoms with Gasteiger partial charge in [-0.1, -0.05) is 143 Å². The second-order valence-electron chi connectivity index (χ2n) is 12.9. The molecule has 4 heteroatoms. The van der Waals surface area contributed by atoms with Crippen molar-refractivity contribution in [3.05, 3.63) is 179 Å². The van der Waals surface area contributed by atoms with Gasteiger partial charge in [-0.05, 0) is 87.6 Å². The fourth-order valence-electron chi connectivity index (χ4n) is 6.70. The van der Waals surface area contributed by atoms with Gasteiger partial charge in [0.2, 0.25) is 0 Å². The van der Waals surface area contributed by atoms with E-state index in [9.17, 15) is 0 Å². The van der Waals surface area contributed by atoms with Crippen LogP contribution in [0.2, 0.25) is 0 Å². The Kier molecular flexibility index (Phi) is 10.2. The van der Waals surface area contributed by atoms with Crippen molar-refractivity contribution in [3.63, 3.8) is 0 Å². The largest absolute Gasteiger partial charge is 0.387 e. The van der Waals surface area contributed by atoms with E-state index in [2.05, 4.69) is 148 Å². The monoisotopic (exact) mass is 640 g/mol. The van der Waals surface area contributed by atoms with Crippen molar-refractivity contribution >= 4 is 29.5 Å². The first-order chi connectivity index (χ1) is 23.9. The highest BCUT2D eigenvalue weighted by atomic mass is 15.0. The number of dihydropyridines is 1. The predicted molar refractivity (Wildman–Crippen MR) is 211 cm³/mol. The molecular weight excluding hydrogens is 597 g/mol. The van der Waals surface area contributed by atoms with Gasteiger partial charge in [0.15, 0.2) is 11.7 Å². The fourth-order valence-corrected chi connectivity index (χ4v) is 6.70. The number of nitrogens with one attached hydrogen (secondary N) is 1. The lowest BCUT2D eigenvalue weighted by molar-refractivity contribution is 0.660. The normalized spacial score (nSPS) is 15.4. The summed E-state index contributed by atoms with van der Waals surface area (Å²) in [6.07, 6.45) is 16.4. The lowest BCUT2D eigenvalue weighted by Gasteiger charge is -2.21. The van der Waals surface area contributed by atoms with Gasteiger partial charge in [0.25, 0.3) is 0 Å². The number of amidine groups is 2. The quantitative estimate of drug-likeness (QED) is 0.105. The van der Waals surface area contributed by atoms with Gasteiger partial charge in [-0.25, -0.2) is 9.98 Å². The second kappa shape index (κ2) is 15.1. The van der Waals surface area contributed by atoms with E-state index < -0.39 is 0 Å². The number of hydrogen-bond acceptors (Lipinski definition) is 2. The molecule has 2 aliphatic rings. The molecule has 0 unspecified atom stereocenters. The maximum absolute atomic E-state index is 5.26. The van der Waals surface area contributed by atoms with E-state index in [1.54, 1.807) is 6.08 Å². The molecule has 0 spiro atoms. The molecule has 49 heavy (non-hydrogen) atoms. The first-order valence-electron chi connectivity index (χ1n) is 17.1. The zero-order chi connectivity index (χ0) is 34.2. The molecule has 1 aliphatic carbocycles. The van der Waals surface area contributed by atoms with E-state index in [0.717, 1.165) is 47.2 Å². The average Bonchev–Trinajstić information content (AvgIpc) is 3.38. The summed E-state index contributed by atoms with van der Waals surface area (Å²) < 4.78 is 0. The van der Waals surface area contributed by atoms with Crippen LogP contribution in [0.4, 0.5) is 0 Å². The third kappa shape index (κ3) is 7.14. The Morgan fingerprint density at radius 2 is 1.69 bits per heavy atom. The summed E-state index contributed by atoms with van der Waals surface area (Å²) in [6, 6.07) is 32.2. The number of rotatable bonds is 10.